The van der Waals surface area contributed by atoms with Gasteiger partial charge in [0, 0.05) is 13.6 Å². The molecule has 2 N–H and O–H groups in total. The van der Waals surface area contributed by atoms with Crippen LogP contribution >= 0.6 is 0 Å². The van der Waals surface area contributed by atoms with Gasteiger partial charge in [0.2, 0.25) is 0 Å². The maximum Gasteiger partial charge on any atom is 0.257 e. The molecule has 6 nitrogen and oxygen atoms in total. The monoisotopic (exact) mass is 219 g/mol. The zero-order chi connectivity index (χ0) is 10.8. The van der Waals surface area contributed by atoms with Gasteiger partial charge in [-0.25, -0.2) is 13.1 Å². The van der Waals surface area contributed by atoms with Crippen LogP contribution in [-0.4, -0.2) is 36.0 Å². The molecule has 1 aromatic rings. The zero-order valence-electron chi connectivity index (χ0n) is 8.01. The van der Waals surface area contributed by atoms with Crippen molar-refractivity contribution >= 4 is 10.0 Å². The second kappa shape index (κ2) is 4.07. The van der Waals surface area contributed by atoms with Crippen LogP contribution in [0.2, 0.25) is 0 Å². The summed E-state index contributed by atoms with van der Waals surface area (Å²) in [5, 5.41) is 12.8. The van der Waals surface area contributed by atoms with Gasteiger partial charge in [0.05, 0.1) is 12.3 Å². The van der Waals surface area contributed by atoms with Crippen LogP contribution in [0.25, 0.3) is 0 Å². The normalized spacial score (nSPS) is 14.2. The van der Waals surface area contributed by atoms with Gasteiger partial charge in [-0.05, 0) is 13.0 Å². The lowest BCUT2D eigenvalue weighted by molar-refractivity contribution is 0.198. The Morgan fingerprint density at radius 1 is 1.71 bits per heavy atom. The van der Waals surface area contributed by atoms with Crippen molar-refractivity contribution in [3.8, 4) is 0 Å². The van der Waals surface area contributed by atoms with E-state index in [1.807, 2.05) is 0 Å². The first-order chi connectivity index (χ1) is 6.43. The molecule has 0 aliphatic heterocycles. The Balaban J connectivity index is 2.82. The molecule has 1 aromatic heterocycles. The summed E-state index contributed by atoms with van der Waals surface area (Å²) in [6.45, 7) is 1.50. The predicted molar refractivity (Wildman–Crippen MR) is 50.1 cm³/mol. The number of nitrogens with one attached hydrogen (secondary N) is 1. The van der Waals surface area contributed by atoms with Crippen LogP contribution in [-0.2, 0) is 17.1 Å². The van der Waals surface area contributed by atoms with E-state index in [1.165, 1.54) is 30.9 Å². The summed E-state index contributed by atoms with van der Waals surface area (Å²) in [6.07, 6.45) is 0.690. The van der Waals surface area contributed by atoms with Crippen molar-refractivity contribution in [3.05, 3.63) is 12.3 Å². The Morgan fingerprint density at radius 3 is 2.79 bits per heavy atom. The van der Waals surface area contributed by atoms with Gasteiger partial charge >= 0.3 is 0 Å². The number of hydrogen-bond donors (Lipinski definition) is 2. The maximum absolute atomic E-state index is 11.5. The van der Waals surface area contributed by atoms with E-state index in [1.54, 1.807) is 0 Å². The van der Waals surface area contributed by atoms with Crippen molar-refractivity contribution in [2.75, 3.05) is 6.54 Å². The van der Waals surface area contributed by atoms with E-state index in [-0.39, 0.29) is 11.6 Å². The third-order valence-corrected chi connectivity index (χ3v) is 3.12. The molecule has 0 aliphatic carbocycles. The Morgan fingerprint density at radius 2 is 2.36 bits per heavy atom. The van der Waals surface area contributed by atoms with Gasteiger partial charge in [-0.2, -0.15) is 5.10 Å². The summed E-state index contributed by atoms with van der Waals surface area (Å²) >= 11 is 0. The van der Waals surface area contributed by atoms with Gasteiger partial charge in [0.15, 0.2) is 5.03 Å². The van der Waals surface area contributed by atoms with Crippen LogP contribution < -0.4 is 4.72 Å². The second-order valence-corrected chi connectivity index (χ2v) is 4.71. The molecule has 7 heteroatoms. The molecule has 0 spiro atoms. The third kappa shape index (κ3) is 2.53. The lowest BCUT2D eigenvalue weighted by atomic mass is 10.4. The summed E-state index contributed by atoms with van der Waals surface area (Å²) < 4.78 is 26.6. The smallest absolute Gasteiger partial charge is 0.257 e. The average molecular weight is 219 g/mol. The summed E-state index contributed by atoms with van der Waals surface area (Å²) in [6, 6.07) is 1.39. The van der Waals surface area contributed by atoms with Gasteiger partial charge in [-0.1, -0.05) is 0 Å². The van der Waals surface area contributed by atoms with Crippen LogP contribution in [0.3, 0.4) is 0 Å². The SMILES string of the molecule is CC(O)CNS(=O)(=O)c1ccnn1C. The van der Waals surface area contributed by atoms with E-state index >= 15 is 0 Å². The predicted octanol–water partition coefficient (Wildman–Crippen LogP) is -0.921. The lowest BCUT2D eigenvalue weighted by Crippen LogP contribution is -2.31. The van der Waals surface area contributed by atoms with Crippen molar-refractivity contribution in [3.63, 3.8) is 0 Å². The maximum atomic E-state index is 11.5. The number of aryl methyl sites for hydroxylation is 1. The molecule has 14 heavy (non-hydrogen) atoms. The molecule has 0 aromatic carbocycles. The molecule has 0 fully saturated rings. The van der Waals surface area contributed by atoms with Gasteiger partial charge in [0.1, 0.15) is 0 Å². The topological polar surface area (TPSA) is 84.2 Å². The average Bonchev–Trinajstić information content (AvgIpc) is 2.48. The molecule has 1 rings (SSSR count). The van der Waals surface area contributed by atoms with Gasteiger partial charge in [0.25, 0.3) is 10.0 Å². The minimum atomic E-state index is -3.55. The highest BCUT2D eigenvalue weighted by molar-refractivity contribution is 7.89. The summed E-state index contributed by atoms with van der Waals surface area (Å²) in [5.41, 5.74) is 0. The van der Waals surface area contributed by atoms with Crippen molar-refractivity contribution in [1.29, 1.82) is 0 Å². The molecule has 80 valence electrons. The number of aliphatic hydroxyl groups is 1. The fraction of sp³-hybridized carbons (Fsp3) is 0.571. The lowest BCUT2D eigenvalue weighted by Gasteiger charge is -2.07. The Kier molecular flexibility index (Phi) is 3.25. The highest BCUT2D eigenvalue weighted by atomic mass is 32.2. The first-order valence-corrected chi connectivity index (χ1v) is 5.57. The van der Waals surface area contributed by atoms with Gasteiger partial charge in [-0.15, -0.1) is 0 Å². The number of aliphatic hydroxyl groups excluding tert-OH is 1. The first-order valence-electron chi connectivity index (χ1n) is 4.09. The minimum Gasteiger partial charge on any atom is -0.392 e. The zero-order valence-corrected chi connectivity index (χ0v) is 8.82. The molecule has 0 saturated heterocycles. The van der Waals surface area contributed by atoms with Crippen LogP contribution in [0.5, 0.6) is 0 Å². The highest BCUT2D eigenvalue weighted by Crippen LogP contribution is 2.05. The Hall–Kier alpha value is -0.920. The number of nitrogens with zero attached hydrogens (tertiary/aromatic N) is 2. The molecular weight excluding hydrogens is 206 g/mol. The summed E-state index contributed by atoms with van der Waals surface area (Å²) in [5.74, 6) is 0. The molecule has 0 aliphatic rings. The second-order valence-electron chi connectivity index (χ2n) is 2.99. The molecule has 0 amide bonds. The van der Waals surface area contributed by atoms with Crippen molar-refractivity contribution < 1.29 is 13.5 Å². The van der Waals surface area contributed by atoms with Crippen LogP contribution in [0.1, 0.15) is 6.92 Å². The van der Waals surface area contributed by atoms with Crippen molar-refractivity contribution in [2.45, 2.75) is 18.1 Å². The molecule has 0 saturated carbocycles. The fourth-order valence-corrected chi connectivity index (χ4v) is 2.17. The van der Waals surface area contributed by atoms with Crippen LogP contribution in [0.15, 0.2) is 17.3 Å². The summed E-state index contributed by atoms with van der Waals surface area (Å²) in [7, 11) is -2.01. The number of rotatable bonds is 4. The Bertz CT molecular complexity index is 396. The third-order valence-electron chi connectivity index (χ3n) is 1.62. The number of sulfonamides is 1. The molecule has 0 radical (unpaired) electrons. The first kappa shape index (κ1) is 11.2. The number of aromatic nitrogens is 2. The number of hydrogen-bond acceptors (Lipinski definition) is 4. The molecule has 0 bridgehead atoms. The molecular formula is C7H13N3O3S. The molecule has 1 atom stereocenters. The minimum absolute atomic E-state index is 0.00644. The van der Waals surface area contributed by atoms with Crippen LogP contribution in [0, 0.1) is 0 Å². The van der Waals surface area contributed by atoms with E-state index in [9.17, 15) is 8.42 Å². The molecule has 1 unspecified atom stereocenters. The van der Waals surface area contributed by atoms with E-state index in [4.69, 9.17) is 5.11 Å². The van der Waals surface area contributed by atoms with E-state index in [2.05, 4.69) is 9.82 Å². The van der Waals surface area contributed by atoms with Gasteiger partial charge in [-0.3, -0.25) is 4.68 Å². The highest BCUT2D eigenvalue weighted by Gasteiger charge is 2.17. The van der Waals surface area contributed by atoms with Crippen LogP contribution in [0.4, 0.5) is 0 Å². The fourth-order valence-electron chi connectivity index (χ4n) is 0.930. The van der Waals surface area contributed by atoms with Crippen molar-refractivity contribution in [1.82, 2.24) is 14.5 Å². The van der Waals surface area contributed by atoms with E-state index in [0.717, 1.165) is 0 Å². The van der Waals surface area contributed by atoms with Crippen molar-refractivity contribution in [2.24, 2.45) is 7.05 Å². The van der Waals surface area contributed by atoms with E-state index in [0.29, 0.717) is 0 Å². The van der Waals surface area contributed by atoms with E-state index < -0.39 is 16.1 Å². The summed E-state index contributed by atoms with van der Waals surface area (Å²) in [4.78, 5) is 0. The Labute approximate surface area is 82.6 Å². The molecule has 1 heterocycles. The standard InChI is InChI=1S/C7H13N3O3S/c1-6(11)5-9-14(12,13)7-3-4-8-10(7)2/h3-4,6,9,11H,5H2,1-2H3. The van der Waals surface area contributed by atoms with Gasteiger partial charge < -0.3 is 5.11 Å². The quantitative estimate of drug-likeness (QED) is 0.686. The largest absolute Gasteiger partial charge is 0.392 e.